The number of carbonyl (C=O) groups excluding carboxylic acids is 1. The van der Waals surface area contributed by atoms with E-state index in [1.165, 1.54) is 0 Å². The van der Waals surface area contributed by atoms with Crippen molar-refractivity contribution in [3.63, 3.8) is 0 Å². The minimum atomic E-state index is -0.145. The summed E-state index contributed by atoms with van der Waals surface area (Å²) in [6, 6.07) is 0. The van der Waals surface area contributed by atoms with Gasteiger partial charge in [-0.05, 0) is 76.9 Å². The minimum Gasteiger partial charge on any atom is -0.396 e. The fourth-order valence-corrected chi connectivity index (χ4v) is 3.80. The highest BCUT2D eigenvalue weighted by Gasteiger charge is 2.22. The van der Waals surface area contributed by atoms with E-state index in [0.29, 0.717) is 11.8 Å². The molecular weight excluding hydrogens is 481 g/mol. The summed E-state index contributed by atoms with van der Waals surface area (Å²) in [6.07, 6.45) is 5.93. The van der Waals surface area contributed by atoms with Gasteiger partial charge in [0.2, 0.25) is 5.91 Å². The van der Waals surface area contributed by atoms with E-state index in [1.807, 2.05) is 0 Å². The molecule has 1 fully saturated rings. The number of aliphatic hydroxyl groups excluding tert-OH is 1. The van der Waals surface area contributed by atoms with Crippen LogP contribution in [0.2, 0.25) is 0 Å². The quantitative estimate of drug-likeness (QED) is 0.128. The van der Waals surface area contributed by atoms with Gasteiger partial charge in [-0.15, -0.1) is 24.0 Å². The van der Waals surface area contributed by atoms with Gasteiger partial charge >= 0.3 is 0 Å². The van der Waals surface area contributed by atoms with Crippen molar-refractivity contribution in [2.24, 2.45) is 28.5 Å². The van der Waals surface area contributed by atoms with E-state index >= 15 is 0 Å². The Labute approximate surface area is 194 Å². The molecule has 172 valence electrons. The average Bonchev–Trinajstić information content (AvgIpc) is 2.65. The smallest absolute Gasteiger partial charge is 0.220 e. The number of likely N-dealkylation sites (tertiary alicyclic amines) is 1. The lowest BCUT2D eigenvalue weighted by molar-refractivity contribution is -0.123. The Morgan fingerprint density at radius 2 is 1.93 bits per heavy atom. The number of nitrogens with zero attached hydrogens (tertiary/aromatic N) is 2. The van der Waals surface area contributed by atoms with Crippen LogP contribution in [0.1, 0.15) is 59.3 Å². The van der Waals surface area contributed by atoms with Crippen molar-refractivity contribution in [2.75, 3.05) is 45.9 Å². The molecule has 29 heavy (non-hydrogen) atoms. The number of nitrogens with two attached hydrogens (primary N) is 1. The van der Waals surface area contributed by atoms with Crippen LogP contribution in [-0.2, 0) is 4.79 Å². The van der Waals surface area contributed by atoms with Crippen molar-refractivity contribution in [3.05, 3.63) is 0 Å². The number of hydrogen-bond donors (Lipinski definition) is 4. The Morgan fingerprint density at radius 1 is 1.24 bits per heavy atom. The SMILES string of the molecule is CCNC(=NCC(CCO)CC(C)C)NCCCCN1CCC(C(N)=O)CC1.I. The zero-order valence-electron chi connectivity index (χ0n) is 18.7. The highest BCUT2D eigenvalue weighted by molar-refractivity contribution is 14.0. The third-order valence-electron chi connectivity index (χ3n) is 5.38. The van der Waals surface area contributed by atoms with Crippen LogP contribution in [0, 0.1) is 17.8 Å². The second-order valence-electron chi connectivity index (χ2n) is 8.38. The van der Waals surface area contributed by atoms with Gasteiger partial charge in [0.15, 0.2) is 5.96 Å². The molecule has 0 aromatic carbocycles. The summed E-state index contributed by atoms with van der Waals surface area (Å²) in [5.41, 5.74) is 5.39. The summed E-state index contributed by atoms with van der Waals surface area (Å²) in [7, 11) is 0. The second-order valence-corrected chi connectivity index (χ2v) is 8.38. The van der Waals surface area contributed by atoms with E-state index < -0.39 is 0 Å². The number of aliphatic hydroxyl groups is 1. The topological polar surface area (TPSA) is 103 Å². The number of carbonyl (C=O) groups is 1. The summed E-state index contributed by atoms with van der Waals surface area (Å²) in [5.74, 6) is 1.85. The maximum absolute atomic E-state index is 11.2. The molecule has 1 aliphatic heterocycles. The molecule has 1 saturated heterocycles. The van der Waals surface area contributed by atoms with Gasteiger partial charge in [0.05, 0.1) is 0 Å². The number of aliphatic imine (C=N–C) groups is 1. The molecular formula is C21H44IN5O2. The van der Waals surface area contributed by atoms with Crippen LogP contribution in [0.15, 0.2) is 4.99 Å². The fourth-order valence-electron chi connectivity index (χ4n) is 3.80. The van der Waals surface area contributed by atoms with Crippen molar-refractivity contribution in [3.8, 4) is 0 Å². The highest BCUT2D eigenvalue weighted by atomic mass is 127. The van der Waals surface area contributed by atoms with E-state index in [9.17, 15) is 9.90 Å². The molecule has 8 heteroatoms. The van der Waals surface area contributed by atoms with Gasteiger partial charge in [0.1, 0.15) is 0 Å². The third kappa shape index (κ3) is 13.3. The van der Waals surface area contributed by atoms with E-state index in [1.54, 1.807) is 0 Å². The first-order valence-corrected chi connectivity index (χ1v) is 11.1. The van der Waals surface area contributed by atoms with Gasteiger partial charge in [0.25, 0.3) is 0 Å². The Bertz CT molecular complexity index is 454. The molecule has 0 aromatic rings. The summed E-state index contributed by atoms with van der Waals surface area (Å²) in [5, 5.41) is 16.0. The second kappa shape index (κ2) is 17.1. The molecule has 1 aliphatic rings. The molecule has 1 heterocycles. The predicted octanol–water partition coefficient (Wildman–Crippen LogP) is 2.18. The number of guanidine groups is 1. The monoisotopic (exact) mass is 525 g/mol. The average molecular weight is 526 g/mol. The lowest BCUT2D eigenvalue weighted by atomic mass is 9.94. The van der Waals surface area contributed by atoms with Crippen LogP contribution in [0.25, 0.3) is 0 Å². The molecule has 0 saturated carbocycles. The fraction of sp³-hybridized carbons (Fsp3) is 0.905. The maximum Gasteiger partial charge on any atom is 0.220 e. The molecule has 0 spiro atoms. The first-order valence-electron chi connectivity index (χ1n) is 11.1. The highest BCUT2D eigenvalue weighted by Crippen LogP contribution is 2.17. The van der Waals surface area contributed by atoms with Gasteiger partial charge in [-0.25, -0.2) is 0 Å². The van der Waals surface area contributed by atoms with Crippen molar-refractivity contribution in [1.29, 1.82) is 0 Å². The molecule has 1 unspecified atom stereocenters. The number of rotatable bonds is 13. The number of piperidine rings is 1. The standard InChI is InChI=1S/C21H43N5O2.HI/c1-4-23-21(25-16-18(9-14-27)15-17(2)3)24-10-5-6-11-26-12-7-19(8-13-26)20(22)28;/h17-19,27H,4-16H2,1-3H3,(H2,22,28)(H2,23,24,25);1H. The lowest BCUT2D eigenvalue weighted by Gasteiger charge is -2.30. The largest absolute Gasteiger partial charge is 0.396 e. The zero-order chi connectivity index (χ0) is 20.8. The van der Waals surface area contributed by atoms with Crippen LogP contribution >= 0.6 is 24.0 Å². The number of nitrogens with one attached hydrogen (secondary N) is 2. The Hall–Kier alpha value is -0.610. The summed E-state index contributed by atoms with van der Waals surface area (Å²) < 4.78 is 0. The number of halogens is 1. The number of primary amides is 1. The van der Waals surface area contributed by atoms with E-state index in [-0.39, 0.29) is 42.4 Å². The van der Waals surface area contributed by atoms with Crippen LogP contribution in [0.3, 0.4) is 0 Å². The zero-order valence-corrected chi connectivity index (χ0v) is 21.0. The summed E-state index contributed by atoms with van der Waals surface area (Å²) in [6.45, 7) is 12.3. The van der Waals surface area contributed by atoms with Crippen molar-refractivity contribution in [2.45, 2.75) is 59.3 Å². The summed E-state index contributed by atoms with van der Waals surface area (Å²) >= 11 is 0. The van der Waals surface area contributed by atoms with Crippen LogP contribution in [0.4, 0.5) is 0 Å². The first kappa shape index (κ1) is 28.4. The molecule has 0 aromatic heterocycles. The maximum atomic E-state index is 11.2. The van der Waals surface area contributed by atoms with Crippen LogP contribution in [-0.4, -0.2) is 67.7 Å². The molecule has 7 nitrogen and oxygen atoms in total. The Morgan fingerprint density at radius 3 is 2.48 bits per heavy atom. The Kier molecular flexibility index (Phi) is 16.7. The molecule has 1 rings (SSSR count). The van der Waals surface area contributed by atoms with Gasteiger partial charge in [0, 0.05) is 32.2 Å². The lowest BCUT2D eigenvalue weighted by Crippen LogP contribution is -2.40. The van der Waals surface area contributed by atoms with Crippen molar-refractivity contribution in [1.82, 2.24) is 15.5 Å². The molecule has 1 atom stereocenters. The Balaban J connectivity index is 0.00000784. The van der Waals surface area contributed by atoms with Crippen LogP contribution < -0.4 is 16.4 Å². The molecule has 0 bridgehead atoms. The molecule has 0 radical (unpaired) electrons. The van der Waals surface area contributed by atoms with Crippen molar-refractivity contribution < 1.29 is 9.90 Å². The third-order valence-corrected chi connectivity index (χ3v) is 5.38. The van der Waals surface area contributed by atoms with Crippen molar-refractivity contribution >= 4 is 35.8 Å². The molecule has 0 aliphatic carbocycles. The number of amides is 1. The van der Waals surface area contributed by atoms with E-state index in [2.05, 4.69) is 36.3 Å². The van der Waals surface area contributed by atoms with Gasteiger partial charge in [-0.2, -0.15) is 0 Å². The van der Waals surface area contributed by atoms with Gasteiger partial charge in [-0.3, -0.25) is 9.79 Å². The molecule has 1 amide bonds. The normalized spacial score (nSPS) is 17.1. The number of hydrogen-bond acceptors (Lipinski definition) is 4. The molecule has 5 N–H and O–H groups in total. The minimum absolute atomic E-state index is 0. The predicted molar refractivity (Wildman–Crippen MR) is 132 cm³/mol. The van der Waals surface area contributed by atoms with E-state index in [4.69, 9.17) is 10.7 Å². The van der Waals surface area contributed by atoms with Crippen LogP contribution in [0.5, 0.6) is 0 Å². The number of unbranched alkanes of at least 4 members (excludes halogenated alkanes) is 1. The first-order chi connectivity index (χ1) is 13.5. The van der Waals surface area contributed by atoms with Gasteiger partial charge in [-0.1, -0.05) is 13.8 Å². The summed E-state index contributed by atoms with van der Waals surface area (Å²) in [4.78, 5) is 18.4. The van der Waals surface area contributed by atoms with E-state index in [0.717, 1.165) is 83.8 Å². The van der Waals surface area contributed by atoms with Gasteiger partial charge < -0.3 is 26.4 Å².